The Balaban J connectivity index is 2.51. The van der Waals surface area contributed by atoms with E-state index in [1.807, 2.05) is 32.0 Å². The molecule has 1 aromatic rings. The number of benzene rings is 1. The highest BCUT2D eigenvalue weighted by molar-refractivity contribution is 5.81. The fraction of sp³-hybridized carbons (Fsp3) is 0.417. The SMILES string of the molecule is COCC(=O)COc1ccc(C)c(C)c1. The molecule has 3 nitrogen and oxygen atoms in total. The first-order valence-electron chi connectivity index (χ1n) is 4.84. The van der Waals surface area contributed by atoms with E-state index in [0.29, 0.717) is 0 Å². The summed E-state index contributed by atoms with van der Waals surface area (Å²) in [4.78, 5) is 11.1. The second-order valence-corrected chi connectivity index (χ2v) is 3.51. The topological polar surface area (TPSA) is 35.5 Å². The zero-order chi connectivity index (χ0) is 11.3. The van der Waals surface area contributed by atoms with E-state index in [9.17, 15) is 4.79 Å². The third-order valence-electron chi connectivity index (χ3n) is 2.18. The Bertz CT molecular complexity index is 345. The van der Waals surface area contributed by atoms with Crippen molar-refractivity contribution in [2.75, 3.05) is 20.3 Å². The van der Waals surface area contributed by atoms with Crippen LogP contribution in [-0.2, 0) is 9.53 Å². The standard InChI is InChI=1S/C12H16O3/c1-9-4-5-12(6-10(9)2)15-8-11(13)7-14-3/h4-6H,7-8H2,1-3H3. The Morgan fingerprint density at radius 2 is 1.93 bits per heavy atom. The minimum atomic E-state index is -0.0595. The van der Waals surface area contributed by atoms with Gasteiger partial charge in [0, 0.05) is 7.11 Å². The number of ether oxygens (including phenoxy) is 2. The number of carbonyl (C=O) groups is 1. The van der Waals surface area contributed by atoms with Crippen LogP contribution >= 0.6 is 0 Å². The van der Waals surface area contributed by atoms with Gasteiger partial charge in [-0.1, -0.05) is 6.07 Å². The maximum absolute atomic E-state index is 11.1. The minimum absolute atomic E-state index is 0.0595. The van der Waals surface area contributed by atoms with Crippen molar-refractivity contribution in [2.24, 2.45) is 0 Å². The fourth-order valence-electron chi connectivity index (χ4n) is 1.17. The number of carbonyl (C=O) groups excluding carboxylic acids is 1. The van der Waals surface area contributed by atoms with Gasteiger partial charge >= 0.3 is 0 Å². The van der Waals surface area contributed by atoms with Crippen molar-refractivity contribution in [2.45, 2.75) is 13.8 Å². The lowest BCUT2D eigenvalue weighted by Crippen LogP contribution is -2.16. The van der Waals surface area contributed by atoms with Gasteiger partial charge in [0.15, 0.2) is 5.78 Å². The normalized spacial score (nSPS) is 10.1. The van der Waals surface area contributed by atoms with Gasteiger partial charge in [-0.3, -0.25) is 4.79 Å². The summed E-state index contributed by atoms with van der Waals surface area (Å²) in [5, 5.41) is 0. The van der Waals surface area contributed by atoms with Crippen molar-refractivity contribution in [1.29, 1.82) is 0 Å². The smallest absolute Gasteiger partial charge is 0.195 e. The Morgan fingerprint density at radius 3 is 2.53 bits per heavy atom. The minimum Gasteiger partial charge on any atom is -0.486 e. The van der Waals surface area contributed by atoms with Crippen LogP contribution in [0.15, 0.2) is 18.2 Å². The quantitative estimate of drug-likeness (QED) is 0.741. The zero-order valence-electron chi connectivity index (χ0n) is 9.37. The van der Waals surface area contributed by atoms with Crippen LogP contribution in [0.1, 0.15) is 11.1 Å². The predicted molar refractivity (Wildman–Crippen MR) is 58.3 cm³/mol. The second-order valence-electron chi connectivity index (χ2n) is 3.51. The second kappa shape index (κ2) is 5.51. The van der Waals surface area contributed by atoms with Gasteiger partial charge in [-0.05, 0) is 37.1 Å². The van der Waals surface area contributed by atoms with Crippen LogP contribution in [0.5, 0.6) is 5.75 Å². The summed E-state index contributed by atoms with van der Waals surface area (Å²) in [6.45, 7) is 4.22. The van der Waals surface area contributed by atoms with E-state index >= 15 is 0 Å². The summed E-state index contributed by atoms with van der Waals surface area (Å²) in [7, 11) is 1.49. The molecule has 15 heavy (non-hydrogen) atoms. The van der Waals surface area contributed by atoms with Crippen LogP contribution in [-0.4, -0.2) is 26.1 Å². The molecule has 0 N–H and O–H groups in total. The van der Waals surface area contributed by atoms with Crippen molar-refractivity contribution in [3.8, 4) is 5.75 Å². The number of methoxy groups -OCH3 is 1. The van der Waals surface area contributed by atoms with Crippen molar-refractivity contribution < 1.29 is 14.3 Å². The Morgan fingerprint density at radius 1 is 1.20 bits per heavy atom. The summed E-state index contributed by atoms with van der Waals surface area (Å²) in [6, 6.07) is 5.77. The Labute approximate surface area is 90.0 Å². The van der Waals surface area contributed by atoms with E-state index in [1.165, 1.54) is 12.7 Å². The van der Waals surface area contributed by atoms with E-state index in [4.69, 9.17) is 9.47 Å². The van der Waals surface area contributed by atoms with E-state index in [1.54, 1.807) is 0 Å². The number of hydrogen-bond acceptors (Lipinski definition) is 3. The van der Waals surface area contributed by atoms with E-state index < -0.39 is 0 Å². The Hall–Kier alpha value is -1.35. The van der Waals surface area contributed by atoms with Crippen LogP contribution in [0.3, 0.4) is 0 Å². The molecule has 0 atom stereocenters. The number of rotatable bonds is 5. The van der Waals surface area contributed by atoms with Gasteiger partial charge < -0.3 is 9.47 Å². The first-order valence-corrected chi connectivity index (χ1v) is 4.84. The number of hydrogen-bond donors (Lipinski definition) is 0. The molecular weight excluding hydrogens is 192 g/mol. The highest BCUT2D eigenvalue weighted by Gasteiger charge is 2.02. The summed E-state index contributed by atoms with van der Waals surface area (Å²) in [5.74, 6) is 0.665. The Kier molecular flexibility index (Phi) is 4.31. The highest BCUT2D eigenvalue weighted by atomic mass is 16.5. The number of aryl methyl sites for hydroxylation is 2. The van der Waals surface area contributed by atoms with Gasteiger partial charge in [-0.15, -0.1) is 0 Å². The molecule has 0 aliphatic heterocycles. The molecule has 1 aromatic carbocycles. The van der Waals surface area contributed by atoms with Gasteiger partial charge in [-0.25, -0.2) is 0 Å². The van der Waals surface area contributed by atoms with Gasteiger partial charge in [0.1, 0.15) is 19.0 Å². The van der Waals surface area contributed by atoms with Gasteiger partial charge in [0.2, 0.25) is 0 Å². The largest absolute Gasteiger partial charge is 0.486 e. The first-order chi connectivity index (χ1) is 7.13. The van der Waals surface area contributed by atoms with Crippen molar-refractivity contribution >= 4 is 5.78 Å². The molecule has 0 spiro atoms. The average Bonchev–Trinajstić information content (AvgIpc) is 2.20. The van der Waals surface area contributed by atoms with Crippen molar-refractivity contribution in [1.82, 2.24) is 0 Å². The molecule has 0 aromatic heterocycles. The van der Waals surface area contributed by atoms with Crippen LogP contribution < -0.4 is 4.74 Å². The zero-order valence-corrected chi connectivity index (χ0v) is 9.37. The van der Waals surface area contributed by atoms with Crippen molar-refractivity contribution in [3.05, 3.63) is 29.3 Å². The van der Waals surface area contributed by atoms with Crippen LogP contribution in [0.4, 0.5) is 0 Å². The van der Waals surface area contributed by atoms with Crippen LogP contribution in [0.25, 0.3) is 0 Å². The third kappa shape index (κ3) is 3.72. The summed E-state index contributed by atoms with van der Waals surface area (Å²) in [6.07, 6.45) is 0. The molecule has 0 aliphatic rings. The fourth-order valence-corrected chi connectivity index (χ4v) is 1.17. The third-order valence-corrected chi connectivity index (χ3v) is 2.18. The molecule has 0 saturated heterocycles. The molecule has 0 heterocycles. The molecule has 0 fully saturated rings. The van der Waals surface area contributed by atoms with Gasteiger partial charge in [0.05, 0.1) is 0 Å². The van der Waals surface area contributed by atoms with Gasteiger partial charge in [0.25, 0.3) is 0 Å². The van der Waals surface area contributed by atoms with Crippen LogP contribution in [0.2, 0.25) is 0 Å². The lowest BCUT2D eigenvalue weighted by Gasteiger charge is -2.07. The summed E-state index contributed by atoms with van der Waals surface area (Å²) in [5.41, 5.74) is 2.37. The van der Waals surface area contributed by atoms with Crippen molar-refractivity contribution in [3.63, 3.8) is 0 Å². The first kappa shape index (κ1) is 11.7. The molecule has 0 radical (unpaired) electrons. The molecule has 0 aliphatic carbocycles. The molecule has 3 heteroatoms. The summed E-state index contributed by atoms with van der Waals surface area (Å²) < 4.78 is 10.0. The molecule has 0 bridgehead atoms. The van der Waals surface area contributed by atoms with E-state index in [-0.39, 0.29) is 19.0 Å². The van der Waals surface area contributed by atoms with E-state index in [2.05, 4.69) is 0 Å². The highest BCUT2D eigenvalue weighted by Crippen LogP contribution is 2.16. The molecule has 0 unspecified atom stereocenters. The molecular formula is C12H16O3. The molecule has 82 valence electrons. The van der Waals surface area contributed by atoms with Crippen LogP contribution in [0, 0.1) is 13.8 Å². The number of ketones is 1. The summed E-state index contributed by atoms with van der Waals surface area (Å²) >= 11 is 0. The predicted octanol–water partition coefficient (Wildman–Crippen LogP) is 1.90. The molecule has 0 saturated carbocycles. The molecule has 0 amide bonds. The average molecular weight is 208 g/mol. The number of Topliss-reactive ketones (excluding diaryl/α,β-unsaturated/α-hetero) is 1. The maximum atomic E-state index is 11.1. The lowest BCUT2D eigenvalue weighted by atomic mass is 10.1. The lowest BCUT2D eigenvalue weighted by molar-refractivity contribution is -0.124. The molecule has 1 rings (SSSR count). The van der Waals surface area contributed by atoms with E-state index in [0.717, 1.165) is 11.3 Å². The maximum Gasteiger partial charge on any atom is 0.195 e. The van der Waals surface area contributed by atoms with Gasteiger partial charge in [-0.2, -0.15) is 0 Å². The monoisotopic (exact) mass is 208 g/mol.